The van der Waals surface area contributed by atoms with Crippen molar-refractivity contribution in [1.29, 1.82) is 0 Å². The molecular weight excluding hydrogens is 230 g/mol. The third-order valence-electron chi connectivity index (χ3n) is 4.03. The highest BCUT2D eigenvalue weighted by Gasteiger charge is 2.60. The lowest BCUT2D eigenvalue weighted by Crippen LogP contribution is -2.54. The average Bonchev–Trinajstić information content (AvgIpc) is 2.67. The van der Waals surface area contributed by atoms with E-state index in [0.29, 0.717) is 13.2 Å². The molecule has 2 aliphatic rings. The Morgan fingerprint density at radius 1 is 1.11 bits per heavy atom. The fraction of sp³-hybridized carbons (Fsp3) is 1.00. The molecule has 0 amide bonds. The molecule has 0 radical (unpaired) electrons. The summed E-state index contributed by atoms with van der Waals surface area (Å²) in [5.74, 6) is 0. The average molecular weight is 257 g/mol. The zero-order chi connectivity index (χ0) is 13.8. The highest BCUT2D eigenvalue weighted by molar-refractivity contribution is 5.11. The standard InChI is InChI=1S/C14H27NO3/c1-12(2,3)14(16)8-18-10-9(7-17-11(10)14)15-13(4,5)6/h9-11,15-16H,7-8H2,1-6H3/t9-,10+,11-,14+/m0/s1. The van der Waals surface area contributed by atoms with Crippen LogP contribution in [-0.4, -0.2) is 47.7 Å². The fourth-order valence-corrected chi connectivity index (χ4v) is 2.85. The Labute approximate surface area is 110 Å². The zero-order valence-corrected chi connectivity index (χ0v) is 12.4. The van der Waals surface area contributed by atoms with Crippen LogP contribution in [0.5, 0.6) is 0 Å². The van der Waals surface area contributed by atoms with Gasteiger partial charge in [-0.1, -0.05) is 20.8 Å². The van der Waals surface area contributed by atoms with Gasteiger partial charge in [0, 0.05) is 5.54 Å². The van der Waals surface area contributed by atoms with Gasteiger partial charge in [-0.25, -0.2) is 0 Å². The van der Waals surface area contributed by atoms with Crippen LogP contribution in [0, 0.1) is 5.41 Å². The van der Waals surface area contributed by atoms with E-state index in [0.717, 1.165) is 0 Å². The highest BCUT2D eigenvalue weighted by atomic mass is 16.6. The van der Waals surface area contributed by atoms with Crippen molar-refractivity contribution in [3.63, 3.8) is 0 Å². The first-order chi connectivity index (χ1) is 8.05. The van der Waals surface area contributed by atoms with Gasteiger partial charge in [-0.3, -0.25) is 0 Å². The number of nitrogens with one attached hydrogen (secondary N) is 1. The van der Waals surface area contributed by atoms with E-state index in [1.807, 2.05) is 20.8 Å². The van der Waals surface area contributed by atoms with E-state index in [-0.39, 0.29) is 29.2 Å². The van der Waals surface area contributed by atoms with Crippen LogP contribution in [0.1, 0.15) is 41.5 Å². The van der Waals surface area contributed by atoms with Gasteiger partial charge in [0.15, 0.2) is 0 Å². The summed E-state index contributed by atoms with van der Waals surface area (Å²) in [6, 6.07) is 0.159. The van der Waals surface area contributed by atoms with Crippen molar-refractivity contribution in [3.05, 3.63) is 0 Å². The number of ether oxygens (including phenoxy) is 2. The summed E-state index contributed by atoms with van der Waals surface area (Å²) in [5.41, 5.74) is -1.12. The van der Waals surface area contributed by atoms with Gasteiger partial charge in [-0.2, -0.15) is 0 Å². The smallest absolute Gasteiger partial charge is 0.121 e. The highest BCUT2D eigenvalue weighted by Crippen LogP contribution is 2.44. The fourth-order valence-electron chi connectivity index (χ4n) is 2.85. The van der Waals surface area contributed by atoms with Gasteiger partial charge in [-0.05, 0) is 26.2 Å². The first-order valence-corrected chi connectivity index (χ1v) is 6.78. The van der Waals surface area contributed by atoms with Crippen molar-refractivity contribution < 1.29 is 14.6 Å². The van der Waals surface area contributed by atoms with Gasteiger partial charge in [0.2, 0.25) is 0 Å². The summed E-state index contributed by atoms with van der Waals surface area (Å²) in [7, 11) is 0. The zero-order valence-electron chi connectivity index (χ0n) is 12.4. The van der Waals surface area contributed by atoms with Crippen LogP contribution >= 0.6 is 0 Å². The molecule has 2 aliphatic heterocycles. The van der Waals surface area contributed by atoms with E-state index in [2.05, 4.69) is 26.1 Å². The van der Waals surface area contributed by atoms with E-state index in [1.54, 1.807) is 0 Å². The number of aliphatic hydroxyl groups is 1. The van der Waals surface area contributed by atoms with Crippen LogP contribution in [0.4, 0.5) is 0 Å². The van der Waals surface area contributed by atoms with Gasteiger partial charge >= 0.3 is 0 Å². The van der Waals surface area contributed by atoms with Crippen molar-refractivity contribution in [2.75, 3.05) is 13.2 Å². The molecule has 2 heterocycles. The Morgan fingerprint density at radius 3 is 2.22 bits per heavy atom. The normalized spacial score (nSPS) is 41.2. The van der Waals surface area contributed by atoms with Crippen LogP contribution < -0.4 is 5.32 Å². The number of hydrogen-bond acceptors (Lipinski definition) is 4. The van der Waals surface area contributed by atoms with Gasteiger partial charge in [0.25, 0.3) is 0 Å². The van der Waals surface area contributed by atoms with Crippen LogP contribution in [0.15, 0.2) is 0 Å². The van der Waals surface area contributed by atoms with Crippen LogP contribution in [0.3, 0.4) is 0 Å². The maximum absolute atomic E-state index is 10.8. The molecular formula is C14H27NO3. The Bertz CT molecular complexity index is 318. The number of hydrogen-bond donors (Lipinski definition) is 2. The van der Waals surface area contributed by atoms with Crippen molar-refractivity contribution in [1.82, 2.24) is 5.32 Å². The molecule has 4 nitrogen and oxygen atoms in total. The second-order valence-corrected chi connectivity index (χ2v) is 7.70. The van der Waals surface area contributed by atoms with Crippen LogP contribution in [0.25, 0.3) is 0 Å². The molecule has 0 aromatic heterocycles. The van der Waals surface area contributed by atoms with Gasteiger partial charge < -0.3 is 19.9 Å². The monoisotopic (exact) mass is 257 g/mol. The molecule has 2 fully saturated rings. The number of fused-ring (bicyclic) bond motifs is 1. The van der Waals surface area contributed by atoms with E-state index >= 15 is 0 Å². The third-order valence-corrected chi connectivity index (χ3v) is 4.03. The molecule has 106 valence electrons. The summed E-state index contributed by atoms with van der Waals surface area (Å²) in [6.45, 7) is 13.5. The molecule has 0 aliphatic carbocycles. The summed E-state index contributed by atoms with van der Waals surface area (Å²) >= 11 is 0. The summed E-state index contributed by atoms with van der Waals surface area (Å²) in [4.78, 5) is 0. The van der Waals surface area contributed by atoms with E-state index in [4.69, 9.17) is 9.47 Å². The molecule has 2 saturated heterocycles. The Balaban J connectivity index is 2.12. The summed E-state index contributed by atoms with van der Waals surface area (Å²) in [5, 5.41) is 14.4. The molecule has 18 heavy (non-hydrogen) atoms. The minimum atomic E-state index is -0.897. The molecule has 2 rings (SSSR count). The molecule has 2 N–H and O–H groups in total. The minimum Gasteiger partial charge on any atom is -0.384 e. The molecule has 4 heteroatoms. The molecule has 0 spiro atoms. The second kappa shape index (κ2) is 4.17. The molecule has 0 aromatic rings. The Hall–Kier alpha value is -0.160. The quantitative estimate of drug-likeness (QED) is 0.744. The summed E-state index contributed by atoms with van der Waals surface area (Å²) < 4.78 is 11.7. The van der Waals surface area contributed by atoms with E-state index in [1.165, 1.54) is 0 Å². The topological polar surface area (TPSA) is 50.7 Å². The van der Waals surface area contributed by atoms with Gasteiger partial charge in [0.1, 0.15) is 17.8 Å². The van der Waals surface area contributed by atoms with Crippen LogP contribution in [0.2, 0.25) is 0 Å². The van der Waals surface area contributed by atoms with Crippen molar-refractivity contribution in [2.45, 2.75) is 70.9 Å². The largest absolute Gasteiger partial charge is 0.384 e. The first kappa shape index (κ1) is 14.3. The molecule has 0 saturated carbocycles. The van der Waals surface area contributed by atoms with Crippen LogP contribution in [-0.2, 0) is 9.47 Å². The van der Waals surface area contributed by atoms with Crippen molar-refractivity contribution in [3.8, 4) is 0 Å². The lowest BCUT2D eigenvalue weighted by atomic mass is 9.73. The second-order valence-electron chi connectivity index (χ2n) is 7.70. The van der Waals surface area contributed by atoms with Crippen molar-refractivity contribution >= 4 is 0 Å². The molecule has 4 atom stereocenters. The SMILES string of the molecule is CC(C)(C)N[C@H]1CO[C@H]2[C@@H]1OC[C@]2(O)C(C)(C)C. The lowest BCUT2D eigenvalue weighted by Gasteiger charge is -2.39. The van der Waals surface area contributed by atoms with Gasteiger partial charge in [-0.15, -0.1) is 0 Å². The van der Waals surface area contributed by atoms with Crippen molar-refractivity contribution in [2.24, 2.45) is 5.41 Å². The maximum Gasteiger partial charge on any atom is 0.121 e. The molecule has 0 aromatic carbocycles. The maximum atomic E-state index is 10.8. The van der Waals surface area contributed by atoms with Gasteiger partial charge in [0.05, 0.1) is 19.3 Å². The third kappa shape index (κ3) is 2.31. The molecule has 0 unspecified atom stereocenters. The van der Waals surface area contributed by atoms with E-state index in [9.17, 15) is 5.11 Å². The molecule has 0 bridgehead atoms. The minimum absolute atomic E-state index is 0.0225. The van der Waals surface area contributed by atoms with E-state index < -0.39 is 5.60 Å². The lowest BCUT2D eigenvalue weighted by molar-refractivity contribution is -0.129. The predicted octanol–water partition coefficient (Wildman–Crippen LogP) is 1.32. The first-order valence-electron chi connectivity index (χ1n) is 6.78. The summed E-state index contributed by atoms with van der Waals surface area (Å²) in [6.07, 6.45) is -0.272. The Morgan fingerprint density at radius 2 is 1.72 bits per heavy atom. The predicted molar refractivity (Wildman–Crippen MR) is 70.6 cm³/mol. The Kier molecular flexibility index (Phi) is 3.30. The number of rotatable bonds is 1.